The van der Waals surface area contributed by atoms with Gasteiger partial charge in [-0.2, -0.15) is 5.10 Å². The van der Waals surface area contributed by atoms with Crippen molar-refractivity contribution in [2.75, 3.05) is 30.5 Å². The highest BCUT2D eigenvalue weighted by atomic mass is 32.2. The number of sulfone groups is 1. The highest BCUT2D eigenvalue weighted by molar-refractivity contribution is 7.91. The standard InChI is InChI=1S/C11H17N3O3S/c12-10-5-14(9-2-4-18(15,16)7-9)13-11(10)8-1-3-17-6-8/h5,8-9H,1-4,6-7,12H2. The van der Waals surface area contributed by atoms with E-state index in [9.17, 15) is 8.42 Å². The molecule has 0 aromatic carbocycles. The molecule has 2 atom stereocenters. The Morgan fingerprint density at radius 1 is 1.44 bits per heavy atom. The zero-order valence-corrected chi connectivity index (χ0v) is 10.9. The van der Waals surface area contributed by atoms with Crippen LogP contribution in [0, 0.1) is 0 Å². The first-order valence-corrected chi connectivity index (χ1v) is 8.00. The van der Waals surface area contributed by atoms with Crippen molar-refractivity contribution >= 4 is 15.5 Å². The third-order valence-corrected chi connectivity index (χ3v) is 5.44. The Balaban J connectivity index is 1.84. The van der Waals surface area contributed by atoms with Crippen LogP contribution in [0.25, 0.3) is 0 Å². The van der Waals surface area contributed by atoms with Crippen LogP contribution in [0.2, 0.25) is 0 Å². The average molecular weight is 271 g/mol. The third-order valence-electron chi connectivity index (χ3n) is 3.69. The molecule has 0 bridgehead atoms. The quantitative estimate of drug-likeness (QED) is 0.837. The number of hydrogen-bond donors (Lipinski definition) is 1. The molecule has 2 aliphatic rings. The molecule has 0 saturated carbocycles. The number of anilines is 1. The SMILES string of the molecule is Nc1cn(C2CCS(=O)(=O)C2)nc1C1CCOC1. The summed E-state index contributed by atoms with van der Waals surface area (Å²) >= 11 is 0. The van der Waals surface area contributed by atoms with Gasteiger partial charge in [0.1, 0.15) is 0 Å². The lowest BCUT2D eigenvalue weighted by Gasteiger charge is -2.08. The van der Waals surface area contributed by atoms with Gasteiger partial charge >= 0.3 is 0 Å². The maximum absolute atomic E-state index is 11.5. The van der Waals surface area contributed by atoms with Crippen LogP contribution in [0.3, 0.4) is 0 Å². The first-order valence-electron chi connectivity index (χ1n) is 6.18. The first-order chi connectivity index (χ1) is 8.55. The van der Waals surface area contributed by atoms with E-state index in [1.54, 1.807) is 10.9 Å². The lowest BCUT2D eigenvalue weighted by molar-refractivity contribution is 0.193. The summed E-state index contributed by atoms with van der Waals surface area (Å²) in [6, 6.07) is -0.0617. The number of nitrogens with zero attached hydrogens (tertiary/aromatic N) is 2. The Morgan fingerprint density at radius 2 is 2.28 bits per heavy atom. The highest BCUT2D eigenvalue weighted by Gasteiger charge is 2.31. The molecule has 2 aliphatic heterocycles. The Hall–Kier alpha value is -1.08. The molecule has 3 rings (SSSR count). The van der Waals surface area contributed by atoms with Gasteiger partial charge in [0.05, 0.1) is 35.5 Å². The molecule has 2 unspecified atom stereocenters. The molecule has 2 saturated heterocycles. The van der Waals surface area contributed by atoms with Gasteiger partial charge in [-0.05, 0) is 12.8 Å². The maximum Gasteiger partial charge on any atom is 0.152 e. The molecule has 18 heavy (non-hydrogen) atoms. The van der Waals surface area contributed by atoms with Gasteiger partial charge in [0, 0.05) is 18.7 Å². The molecule has 0 radical (unpaired) electrons. The molecular formula is C11H17N3O3S. The van der Waals surface area contributed by atoms with Crippen molar-refractivity contribution in [1.82, 2.24) is 9.78 Å². The summed E-state index contributed by atoms with van der Waals surface area (Å²) in [5, 5.41) is 4.49. The second-order valence-corrected chi connectivity index (χ2v) is 7.30. The van der Waals surface area contributed by atoms with E-state index in [2.05, 4.69) is 5.10 Å². The second-order valence-electron chi connectivity index (χ2n) is 5.07. The predicted octanol–water partition coefficient (Wildman–Crippen LogP) is 0.329. The summed E-state index contributed by atoms with van der Waals surface area (Å²) in [6.07, 6.45) is 3.33. The summed E-state index contributed by atoms with van der Waals surface area (Å²) < 4.78 is 30.0. The van der Waals surface area contributed by atoms with E-state index < -0.39 is 9.84 Å². The minimum atomic E-state index is -2.89. The molecule has 2 N–H and O–H groups in total. The molecule has 6 nitrogen and oxygen atoms in total. The van der Waals surface area contributed by atoms with E-state index in [-0.39, 0.29) is 23.5 Å². The number of rotatable bonds is 2. The van der Waals surface area contributed by atoms with Gasteiger partial charge in [0.15, 0.2) is 9.84 Å². The Bertz CT molecular complexity index is 546. The fraction of sp³-hybridized carbons (Fsp3) is 0.727. The smallest absolute Gasteiger partial charge is 0.152 e. The van der Waals surface area contributed by atoms with Crippen molar-refractivity contribution in [2.24, 2.45) is 0 Å². The summed E-state index contributed by atoms with van der Waals surface area (Å²) in [5.41, 5.74) is 7.47. The van der Waals surface area contributed by atoms with E-state index in [1.807, 2.05) is 0 Å². The van der Waals surface area contributed by atoms with Crippen molar-refractivity contribution in [1.29, 1.82) is 0 Å². The molecule has 0 amide bonds. The highest BCUT2D eigenvalue weighted by Crippen LogP contribution is 2.31. The Kier molecular flexibility index (Phi) is 2.82. The number of nitrogens with two attached hydrogens (primary N) is 1. The fourth-order valence-corrected chi connectivity index (χ4v) is 4.36. The number of ether oxygens (including phenoxy) is 1. The van der Waals surface area contributed by atoms with E-state index >= 15 is 0 Å². The number of aromatic nitrogens is 2. The van der Waals surface area contributed by atoms with Crippen LogP contribution >= 0.6 is 0 Å². The van der Waals surface area contributed by atoms with Crippen LogP contribution in [0.1, 0.15) is 30.5 Å². The molecule has 7 heteroatoms. The van der Waals surface area contributed by atoms with Gasteiger partial charge in [-0.1, -0.05) is 0 Å². The first kappa shape index (κ1) is 12.0. The zero-order chi connectivity index (χ0) is 12.8. The van der Waals surface area contributed by atoms with Crippen LogP contribution in [0.15, 0.2) is 6.20 Å². The molecule has 1 aromatic rings. The van der Waals surface area contributed by atoms with Crippen LogP contribution < -0.4 is 5.73 Å². The molecule has 1 aromatic heterocycles. The molecule has 100 valence electrons. The van der Waals surface area contributed by atoms with E-state index in [4.69, 9.17) is 10.5 Å². The van der Waals surface area contributed by atoms with Crippen molar-refractivity contribution < 1.29 is 13.2 Å². The lowest BCUT2D eigenvalue weighted by Crippen LogP contribution is -2.12. The van der Waals surface area contributed by atoms with Gasteiger partial charge in [-0.3, -0.25) is 4.68 Å². The molecular weight excluding hydrogens is 254 g/mol. The van der Waals surface area contributed by atoms with Crippen LogP contribution in [0.4, 0.5) is 5.69 Å². The predicted molar refractivity (Wildman–Crippen MR) is 67.1 cm³/mol. The van der Waals surface area contributed by atoms with Gasteiger partial charge in [0.25, 0.3) is 0 Å². The van der Waals surface area contributed by atoms with Crippen molar-refractivity contribution in [3.8, 4) is 0 Å². The zero-order valence-electron chi connectivity index (χ0n) is 10.1. The maximum atomic E-state index is 11.5. The monoisotopic (exact) mass is 271 g/mol. The second kappa shape index (κ2) is 4.24. The van der Waals surface area contributed by atoms with E-state index in [0.717, 1.165) is 18.7 Å². The number of nitrogen functional groups attached to an aromatic ring is 1. The molecule has 0 aliphatic carbocycles. The third kappa shape index (κ3) is 2.12. The van der Waals surface area contributed by atoms with Gasteiger partial charge < -0.3 is 10.5 Å². The van der Waals surface area contributed by atoms with Gasteiger partial charge in [0.2, 0.25) is 0 Å². The minimum Gasteiger partial charge on any atom is -0.396 e. The van der Waals surface area contributed by atoms with Crippen LogP contribution in [0.5, 0.6) is 0 Å². The van der Waals surface area contributed by atoms with Crippen molar-refractivity contribution in [3.63, 3.8) is 0 Å². The van der Waals surface area contributed by atoms with Crippen molar-refractivity contribution in [2.45, 2.75) is 24.8 Å². The van der Waals surface area contributed by atoms with E-state index in [1.165, 1.54) is 0 Å². The Morgan fingerprint density at radius 3 is 2.89 bits per heavy atom. The average Bonchev–Trinajstić information content (AvgIpc) is 2.97. The summed E-state index contributed by atoms with van der Waals surface area (Å²) in [5.74, 6) is 0.679. The fourth-order valence-electron chi connectivity index (χ4n) is 2.66. The molecule has 2 fully saturated rings. The lowest BCUT2D eigenvalue weighted by atomic mass is 10.0. The largest absolute Gasteiger partial charge is 0.396 e. The van der Waals surface area contributed by atoms with Gasteiger partial charge in [-0.25, -0.2) is 8.42 Å². The molecule has 3 heterocycles. The van der Waals surface area contributed by atoms with Crippen molar-refractivity contribution in [3.05, 3.63) is 11.9 Å². The Labute approximate surface area is 106 Å². The van der Waals surface area contributed by atoms with Crippen LogP contribution in [-0.2, 0) is 14.6 Å². The minimum absolute atomic E-state index is 0.0617. The summed E-state index contributed by atoms with van der Waals surface area (Å²) in [6.45, 7) is 1.40. The summed E-state index contributed by atoms with van der Waals surface area (Å²) in [7, 11) is -2.89. The normalized spacial score (nSPS) is 30.9. The molecule has 0 spiro atoms. The summed E-state index contributed by atoms with van der Waals surface area (Å²) in [4.78, 5) is 0. The van der Waals surface area contributed by atoms with Crippen LogP contribution in [-0.4, -0.2) is 42.9 Å². The number of hydrogen-bond acceptors (Lipinski definition) is 5. The van der Waals surface area contributed by atoms with E-state index in [0.29, 0.717) is 18.7 Å². The van der Waals surface area contributed by atoms with Gasteiger partial charge in [-0.15, -0.1) is 0 Å². The topological polar surface area (TPSA) is 87.2 Å².